The maximum absolute atomic E-state index is 13.7. The van der Waals surface area contributed by atoms with Crippen LogP contribution in [-0.2, 0) is 0 Å². The van der Waals surface area contributed by atoms with Crippen LogP contribution in [0.5, 0.6) is 0 Å². The van der Waals surface area contributed by atoms with Gasteiger partial charge in [-0.25, -0.2) is 8.78 Å². The minimum atomic E-state index is -0.906. The van der Waals surface area contributed by atoms with Crippen molar-refractivity contribution in [3.8, 4) is 0 Å². The molecule has 1 heterocycles. The molecule has 0 spiro atoms. The van der Waals surface area contributed by atoms with E-state index >= 15 is 0 Å². The van der Waals surface area contributed by atoms with E-state index in [0.717, 1.165) is 22.2 Å². The first-order valence-corrected chi connectivity index (χ1v) is 7.65. The van der Waals surface area contributed by atoms with Gasteiger partial charge in [0.25, 0.3) is 5.91 Å². The maximum atomic E-state index is 13.7. The number of benzene rings is 2. The van der Waals surface area contributed by atoms with Gasteiger partial charge in [0.2, 0.25) is 0 Å². The summed E-state index contributed by atoms with van der Waals surface area (Å²) in [5.41, 5.74) is -0.101. The monoisotopic (exact) mass is 367 g/mol. The fourth-order valence-corrected chi connectivity index (χ4v) is 3.17. The Balaban J connectivity index is 1.92. The summed E-state index contributed by atoms with van der Waals surface area (Å²) in [5, 5.41) is 5.41. The molecule has 1 amide bonds. The van der Waals surface area contributed by atoms with E-state index in [1.807, 2.05) is 17.5 Å². The van der Waals surface area contributed by atoms with Gasteiger partial charge in [-0.15, -0.1) is 11.3 Å². The first-order valence-electron chi connectivity index (χ1n) is 5.98. The van der Waals surface area contributed by atoms with Crippen LogP contribution in [0.1, 0.15) is 10.4 Å². The van der Waals surface area contributed by atoms with Crippen molar-refractivity contribution < 1.29 is 13.6 Å². The normalized spacial score (nSPS) is 10.8. The molecule has 0 atom stereocenters. The van der Waals surface area contributed by atoms with E-state index in [1.54, 1.807) is 23.5 Å². The van der Waals surface area contributed by atoms with Crippen molar-refractivity contribution in [2.45, 2.75) is 0 Å². The van der Waals surface area contributed by atoms with E-state index in [1.165, 1.54) is 0 Å². The second kappa shape index (κ2) is 5.54. The number of halogens is 3. The van der Waals surface area contributed by atoms with Crippen LogP contribution in [0, 0.1) is 11.6 Å². The molecule has 0 bridgehead atoms. The van der Waals surface area contributed by atoms with Gasteiger partial charge in [0, 0.05) is 14.9 Å². The van der Waals surface area contributed by atoms with Gasteiger partial charge in [-0.2, -0.15) is 0 Å². The van der Waals surface area contributed by atoms with Crippen molar-refractivity contribution in [1.82, 2.24) is 0 Å². The van der Waals surface area contributed by atoms with Gasteiger partial charge in [0.05, 0.1) is 0 Å². The highest BCUT2D eigenvalue weighted by molar-refractivity contribution is 9.10. The lowest BCUT2D eigenvalue weighted by Gasteiger charge is -2.08. The number of hydrogen-bond acceptors (Lipinski definition) is 2. The van der Waals surface area contributed by atoms with Crippen molar-refractivity contribution in [2.75, 3.05) is 5.32 Å². The zero-order valence-electron chi connectivity index (χ0n) is 10.5. The van der Waals surface area contributed by atoms with Crippen molar-refractivity contribution in [1.29, 1.82) is 0 Å². The SMILES string of the molecule is O=C(Nc1ccc2sccc2c1)c1c(F)cc(Br)cc1F. The molecular formula is C15H8BrF2NOS. The third-order valence-electron chi connectivity index (χ3n) is 2.94. The molecule has 106 valence electrons. The summed E-state index contributed by atoms with van der Waals surface area (Å²) in [5.74, 6) is -2.63. The Hall–Kier alpha value is -1.79. The van der Waals surface area contributed by atoms with Crippen LogP contribution in [-0.4, -0.2) is 5.91 Å². The highest BCUT2D eigenvalue weighted by Crippen LogP contribution is 2.25. The number of hydrogen-bond donors (Lipinski definition) is 1. The predicted octanol–water partition coefficient (Wildman–Crippen LogP) is 5.19. The molecule has 6 heteroatoms. The van der Waals surface area contributed by atoms with Crippen LogP contribution in [0.15, 0.2) is 46.3 Å². The third kappa shape index (κ3) is 2.82. The molecule has 0 aliphatic rings. The fraction of sp³-hybridized carbons (Fsp3) is 0. The van der Waals surface area contributed by atoms with Gasteiger partial charge in [-0.3, -0.25) is 4.79 Å². The molecule has 3 rings (SSSR count). The zero-order chi connectivity index (χ0) is 15.0. The molecule has 0 aliphatic heterocycles. The zero-order valence-corrected chi connectivity index (χ0v) is 12.9. The van der Waals surface area contributed by atoms with Crippen LogP contribution in [0.2, 0.25) is 0 Å². The summed E-state index contributed by atoms with van der Waals surface area (Å²) >= 11 is 4.56. The topological polar surface area (TPSA) is 29.1 Å². The van der Waals surface area contributed by atoms with Crippen LogP contribution in [0.25, 0.3) is 10.1 Å². The molecule has 0 saturated heterocycles. The Bertz CT molecular complexity index is 824. The average Bonchev–Trinajstić information content (AvgIpc) is 2.84. The van der Waals surface area contributed by atoms with E-state index in [0.29, 0.717) is 5.69 Å². The van der Waals surface area contributed by atoms with Crippen molar-refractivity contribution >= 4 is 48.9 Å². The first kappa shape index (κ1) is 14.2. The number of fused-ring (bicyclic) bond motifs is 1. The summed E-state index contributed by atoms with van der Waals surface area (Å²) in [4.78, 5) is 12.0. The molecule has 0 radical (unpaired) electrons. The van der Waals surface area contributed by atoms with Crippen molar-refractivity contribution in [3.63, 3.8) is 0 Å². The first-order chi connectivity index (χ1) is 10.0. The number of nitrogens with one attached hydrogen (secondary N) is 1. The van der Waals surface area contributed by atoms with Gasteiger partial charge in [-0.1, -0.05) is 15.9 Å². The number of amides is 1. The van der Waals surface area contributed by atoms with E-state index < -0.39 is 23.1 Å². The van der Waals surface area contributed by atoms with E-state index in [4.69, 9.17) is 0 Å². The minimum Gasteiger partial charge on any atom is -0.322 e. The van der Waals surface area contributed by atoms with Gasteiger partial charge in [0.1, 0.15) is 17.2 Å². The highest BCUT2D eigenvalue weighted by atomic mass is 79.9. The molecule has 21 heavy (non-hydrogen) atoms. The standard InChI is InChI=1S/C15H8BrF2NOS/c16-9-6-11(17)14(12(18)7-9)15(20)19-10-1-2-13-8(5-10)3-4-21-13/h1-7H,(H,19,20). The van der Waals surface area contributed by atoms with Gasteiger partial charge < -0.3 is 5.32 Å². The second-order valence-electron chi connectivity index (χ2n) is 4.37. The van der Waals surface area contributed by atoms with E-state index in [9.17, 15) is 13.6 Å². The number of thiophene rings is 1. The number of carbonyl (C=O) groups excluding carboxylic acids is 1. The molecule has 1 aromatic heterocycles. The Morgan fingerprint density at radius 3 is 2.52 bits per heavy atom. The minimum absolute atomic E-state index is 0.244. The Morgan fingerprint density at radius 1 is 1.10 bits per heavy atom. The summed E-state index contributed by atoms with van der Waals surface area (Å²) in [7, 11) is 0. The molecular weight excluding hydrogens is 360 g/mol. The van der Waals surface area contributed by atoms with Crippen LogP contribution < -0.4 is 5.32 Å². The predicted molar refractivity (Wildman–Crippen MR) is 83.8 cm³/mol. The summed E-state index contributed by atoms with van der Waals surface area (Å²) in [6.45, 7) is 0. The Morgan fingerprint density at radius 2 is 1.81 bits per heavy atom. The second-order valence-corrected chi connectivity index (χ2v) is 6.24. The fourth-order valence-electron chi connectivity index (χ4n) is 2.00. The van der Waals surface area contributed by atoms with Crippen LogP contribution in [0.4, 0.5) is 14.5 Å². The molecule has 3 aromatic rings. The molecule has 0 fully saturated rings. The lowest BCUT2D eigenvalue weighted by molar-refractivity contribution is 0.101. The Labute approximate surface area is 131 Å². The average molecular weight is 368 g/mol. The number of anilines is 1. The molecule has 2 nitrogen and oxygen atoms in total. The van der Waals surface area contributed by atoms with E-state index in [-0.39, 0.29) is 4.47 Å². The quantitative estimate of drug-likeness (QED) is 0.662. The maximum Gasteiger partial charge on any atom is 0.261 e. The Kier molecular flexibility index (Phi) is 3.73. The van der Waals surface area contributed by atoms with Crippen molar-refractivity contribution in [3.05, 3.63) is 63.4 Å². The van der Waals surface area contributed by atoms with E-state index in [2.05, 4.69) is 21.2 Å². The van der Waals surface area contributed by atoms with Crippen LogP contribution >= 0.6 is 27.3 Å². The largest absolute Gasteiger partial charge is 0.322 e. The number of rotatable bonds is 2. The summed E-state index contributed by atoms with van der Waals surface area (Å²) < 4.78 is 28.8. The lowest BCUT2D eigenvalue weighted by atomic mass is 10.1. The molecule has 0 saturated carbocycles. The smallest absolute Gasteiger partial charge is 0.261 e. The highest BCUT2D eigenvalue weighted by Gasteiger charge is 2.18. The van der Waals surface area contributed by atoms with Crippen LogP contribution in [0.3, 0.4) is 0 Å². The van der Waals surface area contributed by atoms with Gasteiger partial charge in [0.15, 0.2) is 0 Å². The lowest BCUT2D eigenvalue weighted by Crippen LogP contribution is -2.15. The van der Waals surface area contributed by atoms with Gasteiger partial charge in [-0.05, 0) is 47.2 Å². The summed E-state index contributed by atoms with van der Waals surface area (Å²) in [6.07, 6.45) is 0. The summed E-state index contributed by atoms with van der Waals surface area (Å²) in [6, 6.07) is 9.34. The molecule has 2 aromatic carbocycles. The third-order valence-corrected chi connectivity index (χ3v) is 4.30. The molecule has 0 unspecified atom stereocenters. The van der Waals surface area contributed by atoms with Gasteiger partial charge >= 0.3 is 0 Å². The van der Waals surface area contributed by atoms with Crippen molar-refractivity contribution in [2.24, 2.45) is 0 Å². The number of carbonyl (C=O) groups is 1. The molecule has 1 N–H and O–H groups in total. The molecule has 0 aliphatic carbocycles.